The average Bonchev–Trinajstić information content (AvgIpc) is 0.826. The van der Waals surface area contributed by atoms with Gasteiger partial charge < -0.3 is 62.7 Å². The van der Waals surface area contributed by atoms with Crippen molar-refractivity contribution >= 4 is 65.4 Å². The van der Waals surface area contributed by atoms with Crippen molar-refractivity contribution in [1.29, 1.82) is 0 Å². The maximum Gasteiger partial charge on any atom is 0.534 e. The Bertz CT molecular complexity index is 2300. The number of pyridine rings is 2. The number of rotatable bonds is 3. The van der Waals surface area contributed by atoms with Gasteiger partial charge in [0, 0.05) is 255 Å². The molecule has 3 fully saturated rings. The Balaban J connectivity index is -0.0000000435. The molecule has 7 heterocycles. The fraction of sp³-hybridized carbons (Fsp3) is 0.747. The molecular weight excluding hydrogens is 1910 g/mol. The van der Waals surface area contributed by atoms with Crippen molar-refractivity contribution in [1.82, 2.24) is 34.5 Å². The minimum Gasteiger partial charge on any atom is -0.469 e. The zero-order valence-electron chi connectivity index (χ0n) is 77.1. The van der Waals surface area contributed by atoms with Crippen molar-refractivity contribution in [3.63, 3.8) is 0 Å². The normalized spacial score (nSPS) is 13.8. The van der Waals surface area contributed by atoms with Crippen LogP contribution in [0, 0.1) is 18.8 Å². The zero-order valence-corrected chi connectivity index (χ0v) is 90.8. The van der Waals surface area contributed by atoms with E-state index in [1.54, 1.807) is 36.5 Å². The molecule has 0 amide bonds. The van der Waals surface area contributed by atoms with Crippen molar-refractivity contribution in [2.75, 3.05) is 136 Å². The SMILES string of the molecule is C.C.CB(O)O.CC.CC.CC.CC.CC.CC.CC.CC.CC1=CCCN(C)C1.CC1CCCN(C)C1.CC1CCCN(C)C1.CN1CCC=C(OS(=O)(=O)C(F)(F)F)C1.CN1CCCC(=O)C1.COC(C)=O.COC(C)=O.COC(C)=O.COC(C)=O.COC(C)=O.Cc1cccnc1.OB(O)c1cccnc1.[Pd].[Y].[Y].[Y].[Y]. The number of aromatic nitrogens is 2. The van der Waals surface area contributed by atoms with Gasteiger partial charge in [0.15, 0.2) is 0 Å². The summed E-state index contributed by atoms with van der Waals surface area (Å²) in [5, 5.41) is 32.3. The maximum absolute atomic E-state index is 11.9. The number of Topliss-reactive ketones (excluding diaryl/α,β-unsaturated/α-hetero) is 1. The van der Waals surface area contributed by atoms with Crippen LogP contribution >= 0.6 is 0 Å². The van der Waals surface area contributed by atoms with E-state index in [4.69, 9.17) is 20.1 Å². The van der Waals surface area contributed by atoms with Gasteiger partial charge in [-0.25, -0.2) is 0 Å². The predicted molar refractivity (Wildman–Crippen MR) is 457 cm³/mol. The molecule has 7 rings (SSSR count). The summed E-state index contributed by atoms with van der Waals surface area (Å²) < 4.78 is 81.6. The molecule has 25 nitrogen and oxygen atoms in total. The number of alkyl halides is 3. The summed E-state index contributed by atoms with van der Waals surface area (Å²) in [4.78, 5) is 77.0. The number of hydrogen-bond donors (Lipinski definition) is 4. The molecule has 0 spiro atoms. The molecule has 682 valence electrons. The maximum atomic E-state index is 11.9. The standard InChI is InChI=1S/C7H10F3NO3S.2C7H15N.C7H13N.C6H11NO.C6H7N.C5H6BNO2.5C3H6O2.8C2H6.CH5BO2.2CH4.Pd.4Y/c1-11-4-2-3-6(5-11)14-15(12,13)7(8,9)10;3*1-7-4-3-5-8(2)6-7;1-7-4-2-3-6(8)5-7;1-6-3-2-4-7-5-6;8-6(9)5-2-1-3-7-4-5;5*1-3(4)5-2;8*1-2;1-2(3)4;;;;;;;/h3H,2,4-5H2,1H3;2*7H,3-6H2,1-2H3;4H,3,5-6H2,1-2H3;2-5H2,1H3;2-5H,1H3;1-4,8-9H;5*1-2H3;8*1-2H3;3-4H,1H3;2*1H4;;;;;. The monoisotopic (exact) mass is 2080 g/mol. The van der Waals surface area contributed by atoms with Gasteiger partial charge in [-0.3, -0.25) is 48.5 Å². The number of likely N-dealkylation sites (tertiary alicyclic amines) is 3. The van der Waals surface area contributed by atoms with Gasteiger partial charge in [0.05, 0.1) is 48.6 Å². The van der Waals surface area contributed by atoms with E-state index in [2.05, 4.69) is 105 Å². The molecule has 0 aromatic carbocycles. The second-order valence-electron chi connectivity index (χ2n) is 21.5. The number of ether oxygens (including phenoxy) is 5. The van der Waals surface area contributed by atoms with Gasteiger partial charge in [0.2, 0.25) is 0 Å². The number of esters is 5. The van der Waals surface area contributed by atoms with Crippen LogP contribution in [-0.4, -0.2) is 255 Å². The van der Waals surface area contributed by atoms with E-state index in [-0.39, 0.29) is 208 Å². The Labute approximate surface area is 818 Å². The van der Waals surface area contributed by atoms with E-state index in [1.807, 2.05) is 143 Å². The van der Waals surface area contributed by atoms with Crippen LogP contribution in [0.2, 0.25) is 6.82 Å². The molecule has 2 atom stereocenters. The smallest absolute Gasteiger partial charge is 0.469 e. The first-order chi connectivity index (χ1) is 50.7. The summed E-state index contributed by atoms with van der Waals surface area (Å²) in [6, 6.07) is 7.19. The molecule has 5 aliphatic rings. The van der Waals surface area contributed by atoms with Gasteiger partial charge in [-0.1, -0.05) is 163 Å². The third-order valence-corrected chi connectivity index (χ3v) is 12.7. The van der Waals surface area contributed by atoms with Crippen LogP contribution in [0.25, 0.3) is 0 Å². The summed E-state index contributed by atoms with van der Waals surface area (Å²) in [5.41, 5.74) is -2.23. The van der Waals surface area contributed by atoms with E-state index in [0.29, 0.717) is 30.8 Å². The number of piperidine rings is 3. The Hall–Kier alpha value is -0.812. The summed E-state index contributed by atoms with van der Waals surface area (Å²) in [6.45, 7) is 59.1. The van der Waals surface area contributed by atoms with Crippen molar-refractivity contribution in [3.05, 3.63) is 78.1 Å². The summed E-state index contributed by atoms with van der Waals surface area (Å²) in [5.74, 6) is 0.859. The molecule has 4 radical (unpaired) electrons. The number of likely N-dealkylation sites (N-methyl/N-ethyl adjacent to an activating group) is 3. The largest absolute Gasteiger partial charge is 0.534 e. The van der Waals surface area contributed by atoms with Gasteiger partial charge in [-0.15, -0.1) is 0 Å². The molecule has 0 bridgehead atoms. The Kier molecular flexibility index (Phi) is 192. The fourth-order valence-electron chi connectivity index (χ4n) is 7.04. The van der Waals surface area contributed by atoms with Crippen LogP contribution in [0.5, 0.6) is 0 Å². The van der Waals surface area contributed by atoms with Gasteiger partial charge in [0.1, 0.15) is 11.5 Å². The number of carbonyl (C=O) groups excluding carboxylic acids is 6. The summed E-state index contributed by atoms with van der Waals surface area (Å²) in [6.07, 6.45) is 19.5. The van der Waals surface area contributed by atoms with Crippen molar-refractivity contribution in [2.45, 2.75) is 252 Å². The number of halogens is 3. The number of aryl methyl sites for hydroxylation is 1. The number of methoxy groups -OCH3 is 5. The second kappa shape index (κ2) is 131. The topological polar surface area (TPSA) is 315 Å². The number of hydrogen-bond acceptors (Lipinski definition) is 25. The number of ketones is 1. The fourth-order valence-corrected chi connectivity index (χ4v) is 7.53. The van der Waals surface area contributed by atoms with Gasteiger partial charge in [0.25, 0.3) is 0 Å². The van der Waals surface area contributed by atoms with Crippen LogP contribution < -0.4 is 5.46 Å². The van der Waals surface area contributed by atoms with Crippen molar-refractivity contribution in [3.8, 4) is 0 Å². The average molecular weight is 2080 g/mol. The predicted octanol–water partition coefficient (Wildman–Crippen LogP) is 14.9. The number of carbonyl (C=O) groups is 6. The third-order valence-electron chi connectivity index (χ3n) is 11.7. The molecule has 2 aromatic rings. The number of nitrogens with zero attached hydrogens (tertiary/aromatic N) is 7. The van der Waals surface area contributed by atoms with E-state index < -0.39 is 29.9 Å². The Morgan fingerprint density at radius 1 is 0.496 bits per heavy atom. The molecule has 3 saturated heterocycles. The van der Waals surface area contributed by atoms with Crippen LogP contribution in [0.3, 0.4) is 0 Å². The molecule has 2 unspecified atom stereocenters. The van der Waals surface area contributed by atoms with Gasteiger partial charge in [-0.05, 0) is 156 Å². The van der Waals surface area contributed by atoms with Crippen LogP contribution in [0.15, 0.2) is 72.5 Å². The van der Waals surface area contributed by atoms with Gasteiger partial charge in [-0.2, -0.15) is 21.6 Å². The van der Waals surface area contributed by atoms with E-state index in [9.17, 15) is 50.4 Å². The molecule has 36 heteroatoms. The molecule has 115 heavy (non-hydrogen) atoms. The van der Waals surface area contributed by atoms with Crippen LogP contribution in [-0.2, 0) is 218 Å². The first-order valence-electron chi connectivity index (χ1n) is 37.7. The van der Waals surface area contributed by atoms with Crippen LogP contribution in [0.1, 0.15) is 238 Å². The molecular formula is C79H168B2F3N7O18PdSY4. The minimum atomic E-state index is -5.52. The molecule has 5 aliphatic heterocycles. The first-order valence-corrected chi connectivity index (χ1v) is 39.1. The molecule has 4 N–H and O–H groups in total. The molecule has 2 aromatic heterocycles. The first kappa shape index (κ1) is 168. The second-order valence-corrected chi connectivity index (χ2v) is 23.0. The van der Waals surface area contributed by atoms with Crippen molar-refractivity contribution in [2.24, 2.45) is 11.8 Å². The Morgan fingerprint density at radius 2 is 0.783 bits per heavy atom. The van der Waals surface area contributed by atoms with E-state index in [0.717, 1.165) is 31.2 Å². The molecule has 0 aliphatic carbocycles. The van der Waals surface area contributed by atoms with E-state index >= 15 is 0 Å². The Morgan fingerprint density at radius 3 is 0.948 bits per heavy atom. The third kappa shape index (κ3) is 161. The summed E-state index contributed by atoms with van der Waals surface area (Å²) in [7, 11) is 8.88. The molecule has 0 saturated carbocycles. The summed E-state index contributed by atoms with van der Waals surface area (Å²) >= 11 is 0. The zero-order chi connectivity index (χ0) is 88.4. The minimum absolute atomic E-state index is 0. The van der Waals surface area contributed by atoms with Crippen molar-refractivity contribution < 1.29 is 250 Å². The quantitative estimate of drug-likeness (QED) is 0.0554. The van der Waals surface area contributed by atoms with E-state index in [1.165, 1.54) is 172 Å². The van der Waals surface area contributed by atoms with Gasteiger partial charge >= 0.3 is 59.7 Å². The van der Waals surface area contributed by atoms with Crippen LogP contribution in [0.4, 0.5) is 13.2 Å².